The van der Waals surface area contributed by atoms with E-state index in [0.717, 1.165) is 13.0 Å². The number of likely N-dealkylation sites (N-methyl/N-ethyl adjacent to an activating group) is 1. The molecule has 5 heteroatoms. The van der Waals surface area contributed by atoms with Gasteiger partial charge in [0.05, 0.1) is 0 Å². The van der Waals surface area contributed by atoms with Crippen molar-refractivity contribution in [1.29, 1.82) is 0 Å². The molecule has 0 aliphatic heterocycles. The molecule has 5 rings (SSSR count). The van der Waals surface area contributed by atoms with Crippen LogP contribution in [0.25, 0.3) is 16.3 Å². The molecular formula is C31H29Cl2NOTi. The largest absolute Gasteiger partial charge is 1.00 e. The van der Waals surface area contributed by atoms with Gasteiger partial charge in [-0.25, -0.2) is 0 Å². The van der Waals surface area contributed by atoms with Crippen molar-refractivity contribution >= 4 is 20.2 Å². The minimum atomic E-state index is -0.885. The van der Waals surface area contributed by atoms with E-state index in [2.05, 4.69) is 128 Å². The fourth-order valence-corrected chi connectivity index (χ4v) is 6.47. The SMILES string of the molecule is CN(C)CC1=CCC(c2ccc3ccccc3[c]2[Ti+2][O]C(c2ccccc2)c2ccccc2)=C1.[Cl-].[Cl-]. The van der Waals surface area contributed by atoms with Crippen LogP contribution in [0, 0.1) is 0 Å². The van der Waals surface area contributed by atoms with Gasteiger partial charge in [0.1, 0.15) is 0 Å². The van der Waals surface area contributed by atoms with Crippen molar-refractivity contribution in [2.45, 2.75) is 12.5 Å². The number of hydrogen-bond donors (Lipinski definition) is 0. The van der Waals surface area contributed by atoms with Crippen molar-refractivity contribution in [3.8, 4) is 0 Å². The monoisotopic (exact) mass is 549 g/mol. The van der Waals surface area contributed by atoms with Gasteiger partial charge >= 0.3 is 213 Å². The Labute approximate surface area is 236 Å². The van der Waals surface area contributed by atoms with E-state index in [1.165, 1.54) is 42.5 Å². The minimum absolute atomic E-state index is 0. The van der Waals surface area contributed by atoms with E-state index in [-0.39, 0.29) is 30.9 Å². The molecule has 0 saturated carbocycles. The Morgan fingerprint density at radius 1 is 0.778 bits per heavy atom. The Hall–Kier alpha value is -2.17. The van der Waals surface area contributed by atoms with Crippen LogP contribution in [-0.2, 0) is 22.9 Å². The van der Waals surface area contributed by atoms with E-state index < -0.39 is 19.5 Å². The number of allylic oxidation sites excluding steroid dienone is 2. The van der Waals surface area contributed by atoms with Gasteiger partial charge in [-0.3, -0.25) is 0 Å². The number of halogens is 2. The molecule has 0 N–H and O–H groups in total. The predicted octanol–water partition coefficient (Wildman–Crippen LogP) is 0.552. The Morgan fingerprint density at radius 3 is 2.03 bits per heavy atom. The van der Waals surface area contributed by atoms with E-state index in [0.29, 0.717) is 0 Å². The summed E-state index contributed by atoms with van der Waals surface area (Å²) < 4.78 is 8.26. The summed E-state index contributed by atoms with van der Waals surface area (Å²) in [6, 6.07) is 34.5. The third kappa shape index (κ3) is 6.58. The van der Waals surface area contributed by atoms with Gasteiger partial charge in [0, 0.05) is 0 Å². The van der Waals surface area contributed by atoms with E-state index in [4.69, 9.17) is 3.32 Å². The van der Waals surface area contributed by atoms with Crippen molar-refractivity contribution in [3.05, 3.63) is 131 Å². The molecule has 0 bridgehead atoms. The fraction of sp³-hybridized carbons (Fsp3) is 0.161. The van der Waals surface area contributed by atoms with Crippen LogP contribution in [0.3, 0.4) is 0 Å². The molecule has 4 aromatic carbocycles. The first kappa shape index (κ1) is 28.4. The number of benzene rings is 4. The molecule has 0 unspecified atom stereocenters. The molecule has 0 saturated heterocycles. The minimum Gasteiger partial charge on any atom is -1.00 e. The van der Waals surface area contributed by atoms with E-state index in [1.54, 1.807) is 0 Å². The number of hydrogen-bond acceptors (Lipinski definition) is 2. The molecule has 2 nitrogen and oxygen atoms in total. The average molecular weight is 550 g/mol. The van der Waals surface area contributed by atoms with Crippen molar-refractivity contribution in [2.24, 2.45) is 0 Å². The third-order valence-corrected chi connectivity index (χ3v) is 7.91. The summed E-state index contributed by atoms with van der Waals surface area (Å²) in [5.41, 5.74) is 6.56. The second-order valence-corrected chi connectivity index (χ2v) is 10.5. The van der Waals surface area contributed by atoms with E-state index in [9.17, 15) is 0 Å². The van der Waals surface area contributed by atoms with Gasteiger partial charge < -0.3 is 24.8 Å². The summed E-state index contributed by atoms with van der Waals surface area (Å²) in [6.07, 6.45) is 5.67. The van der Waals surface area contributed by atoms with Crippen LogP contribution in [0.15, 0.2) is 115 Å². The van der Waals surface area contributed by atoms with Crippen LogP contribution >= 0.6 is 0 Å². The molecule has 0 heterocycles. The first-order valence-corrected chi connectivity index (χ1v) is 13.2. The van der Waals surface area contributed by atoms with Gasteiger partial charge in [-0.1, -0.05) is 0 Å². The molecule has 1 aliphatic rings. The molecule has 0 aromatic heterocycles. The number of rotatable bonds is 8. The fourth-order valence-electron chi connectivity index (χ4n) is 4.60. The summed E-state index contributed by atoms with van der Waals surface area (Å²) in [6.45, 7) is 0.975. The maximum atomic E-state index is 6.87. The van der Waals surface area contributed by atoms with Gasteiger partial charge in [-0.2, -0.15) is 0 Å². The first-order valence-electron chi connectivity index (χ1n) is 11.8. The summed E-state index contributed by atoms with van der Waals surface area (Å²) in [5.74, 6) is 0. The summed E-state index contributed by atoms with van der Waals surface area (Å²) in [5, 5.41) is 2.60. The Balaban J connectivity index is 0.00000180. The van der Waals surface area contributed by atoms with Gasteiger partial charge in [0.15, 0.2) is 0 Å². The van der Waals surface area contributed by atoms with Crippen molar-refractivity contribution in [1.82, 2.24) is 4.90 Å². The standard InChI is InChI=1S/C18H18N.C13H11O.2ClH.Ti/c1-19(2)13-14-7-8-17(11-14)18-10-9-15-5-3-4-6-16(15)12-18;14-13(11-7-3-1-4-8-11)12-9-5-2-6-10-12;;;/h3-7,9-11H,8,13H2,1-2H3;1-10,13H;2*1H;/q;-1;;;+3/p-2. The summed E-state index contributed by atoms with van der Waals surface area (Å²) in [4.78, 5) is 2.23. The van der Waals surface area contributed by atoms with Crippen LogP contribution < -0.4 is 28.7 Å². The molecular weight excluding hydrogens is 521 g/mol. The predicted molar refractivity (Wildman–Crippen MR) is 139 cm³/mol. The molecule has 0 atom stereocenters. The molecule has 0 spiro atoms. The van der Waals surface area contributed by atoms with Crippen LogP contribution in [0.1, 0.15) is 29.2 Å². The Morgan fingerprint density at radius 2 is 1.39 bits per heavy atom. The zero-order chi connectivity index (χ0) is 23.3. The van der Waals surface area contributed by atoms with Crippen molar-refractivity contribution in [2.75, 3.05) is 20.6 Å². The molecule has 36 heavy (non-hydrogen) atoms. The summed E-state index contributed by atoms with van der Waals surface area (Å²) in [7, 11) is 4.25. The van der Waals surface area contributed by atoms with Gasteiger partial charge in [-0.05, 0) is 0 Å². The van der Waals surface area contributed by atoms with Crippen LogP contribution in [0.4, 0.5) is 0 Å². The van der Waals surface area contributed by atoms with Crippen molar-refractivity contribution in [3.63, 3.8) is 0 Å². The smallest absolute Gasteiger partial charge is 1.00 e. The quantitative estimate of drug-likeness (QED) is 0.298. The second-order valence-electron chi connectivity index (χ2n) is 9.02. The van der Waals surface area contributed by atoms with Crippen molar-refractivity contribution < 1.29 is 47.7 Å². The topological polar surface area (TPSA) is 12.5 Å². The normalized spacial score (nSPS) is 12.6. The molecule has 0 fully saturated rings. The van der Waals surface area contributed by atoms with Crippen LogP contribution in [-0.4, -0.2) is 25.5 Å². The molecule has 1 aliphatic carbocycles. The number of fused-ring (bicyclic) bond motifs is 1. The van der Waals surface area contributed by atoms with Gasteiger partial charge in [-0.15, -0.1) is 0 Å². The summed E-state index contributed by atoms with van der Waals surface area (Å²) >= 11 is -0.885. The van der Waals surface area contributed by atoms with Crippen LogP contribution in [0.2, 0.25) is 0 Å². The van der Waals surface area contributed by atoms with Crippen LogP contribution in [0.5, 0.6) is 0 Å². The Kier molecular flexibility index (Phi) is 10.6. The first-order chi connectivity index (χ1) is 16.7. The average Bonchev–Trinajstić information content (AvgIpc) is 3.33. The maximum Gasteiger partial charge on any atom is -1.00 e. The maximum absolute atomic E-state index is 6.87. The molecule has 4 aromatic rings. The second kappa shape index (κ2) is 13.4. The third-order valence-electron chi connectivity index (χ3n) is 6.20. The zero-order valence-electron chi connectivity index (χ0n) is 20.5. The van der Waals surface area contributed by atoms with Gasteiger partial charge in [0.2, 0.25) is 0 Å². The van der Waals surface area contributed by atoms with Gasteiger partial charge in [0.25, 0.3) is 0 Å². The molecule has 0 amide bonds. The number of nitrogens with zero attached hydrogens (tertiary/aromatic N) is 1. The zero-order valence-corrected chi connectivity index (χ0v) is 23.6. The van der Waals surface area contributed by atoms with E-state index >= 15 is 0 Å². The van der Waals surface area contributed by atoms with E-state index in [1.807, 2.05) is 0 Å². The molecule has 0 radical (unpaired) electrons. The Bertz CT molecular complexity index is 1300. The molecule has 182 valence electrons.